The lowest BCUT2D eigenvalue weighted by molar-refractivity contribution is 0.0169. The molecule has 3 rings (SSSR count). The first-order valence-corrected chi connectivity index (χ1v) is 9.73. The van der Waals surface area contributed by atoms with E-state index < -0.39 is 0 Å². The molecule has 1 aliphatic rings. The van der Waals surface area contributed by atoms with E-state index in [2.05, 4.69) is 51.7 Å². The summed E-state index contributed by atoms with van der Waals surface area (Å²) < 4.78 is 19.3. The summed E-state index contributed by atoms with van der Waals surface area (Å²) in [6.45, 7) is 6.48. The van der Waals surface area contributed by atoms with Gasteiger partial charge in [0.2, 0.25) is 0 Å². The van der Waals surface area contributed by atoms with Gasteiger partial charge in [0.05, 0.1) is 19.3 Å². The van der Waals surface area contributed by atoms with Gasteiger partial charge in [-0.15, -0.1) is 24.0 Å². The van der Waals surface area contributed by atoms with Crippen molar-refractivity contribution in [3.63, 3.8) is 0 Å². The second-order valence-electron chi connectivity index (χ2n) is 7.01. The summed E-state index contributed by atoms with van der Waals surface area (Å²) in [7, 11) is 1.76. The molecule has 2 aromatic carbocycles. The fourth-order valence-electron chi connectivity index (χ4n) is 3.37. The second kappa shape index (κ2) is 12.1. The molecule has 2 aromatic rings. The van der Waals surface area contributed by atoms with Crippen LogP contribution in [-0.2, 0) is 11.3 Å². The fraction of sp³-hybridized carbons (Fsp3) is 0.409. The number of ether oxygens (including phenoxy) is 1. The van der Waals surface area contributed by atoms with E-state index in [9.17, 15) is 4.39 Å². The minimum Gasteiger partial charge on any atom is -0.379 e. The van der Waals surface area contributed by atoms with E-state index in [0.717, 1.165) is 24.6 Å². The van der Waals surface area contributed by atoms with Crippen LogP contribution in [0.25, 0.3) is 0 Å². The molecule has 158 valence electrons. The Hall–Kier alpha value is -1.71. The Bertz CT molecular complexity index is 779. The maximum atomic E-state index is 13.8. The molecular weight excluding hydrogens is 482 g/mol. The van der Waals surface area contributed by atoms with Crippen LogP contribution in [0.1, 0.15) is 22.7 Å². The molecule has 0 bridgehead atoms. The molecule has 1 atom stereocenters. The monoisotopic (exact) mass is 512 g/mol. The number of hydrogen-bond donors (Lipinski definition) is 2. The van der Waals surface area contributed by atoms with Crippen molar-refractivity contribution in [2.24, 2.45) is 4.99 Å². The molecule has 0 aromatic heterocycles. The summed E-state index contributed by atoms with van der Waals surface area (Å²) >= 11 is 0. The van der Waals surface area contributed by atoms with Gasteiger partial charge in [0.1, 0.15) is 5.82 Å². The number of rotatable bonds is 6. The van der Waals surface area contributed by atoms with Crippen molar-refractivity contribution in [3.8, 4) is 0 Å². The molecule has 5 nitrogen and oxygen atoms in total. The van der Waals surface area contributed by atoms with Gasteiger partial charge in [-0.05, 0) is 30.2 Å². The van der Waals surface area contributed by atoms with Crippen molar-refractivity contribution in [1.29, 1.82) is 0 Å². The average Bonchev–Trinajstić information content (AvgIpc) is 2.72. The van der Waals surface area contributed by atoms with Crippen molar-refractivity contribution >= 4 is 29.9 Å². The number of halogens is 2. The number of nitrogens with one attached hydrogen (secondary N) is 2. The summed E-state index contributed by atoms with van der Waals surface area (Å²) in [5.41, 5.74) is 3.40. The van der Waals surface area contributed by atoms with Gasteiger partial charge >= 0.3 is 0 Å². The van der Waals surface area contributed by atoms with Crippen molar-refractivity contribution in [1.82, 2.24) is 15.5 Å². The highest BCUT2D eigenvalue weighted by Crippen LogP contribution is 2.22. The number of aryl methyl sites for hydroxylation is 1. The van der Waals surface area contributed by atoms with E-state index in [1.54, 1.807) is 19.2 Å². The molecule has 29 heavy (non-hydrogen) atoms. The molecule has 1 heterocycles. The van der Waals surface area contributed by atoms with Crippen molar-refractivity contribution in [3.05, 3.63) is 71.0 Å². The van der Waals surface area contributed by atoms with Crippen molar-refractivity contribution in [2.45, 2.75) is 19.5 Å². The van der Waals surface area contributed by atoms with E-state index in [1.165, 1.54) is 17.2 Å². The normalized spacial score (nSPS) is 16.0. The summed E-state index contributed by atoms with van der Waals surface area (Å²) in [4.78, 5) is 6.66. The minimum atomic E-state index is -0.211. The van der Waals surface area contributed by atoms with Gasteiger partial charge in [0.15, 0.2) is 5.96 Å². The number of aliphatic imine (C=N–C) groups is 1. The highest BCUT2D eigenvalue weighted by atomic mass is 127. The Labute approximate surface area is 189 Å². The zero-order chi connectivity index (χ0) is 19.8. The molecule has 1 saturated heterocycles. The largest absolute Gasteiger partial charge is 0.379 e. The lowest BCUT2D eigenvalue weighted by Gasteiger charge is -2.35. The Morgan fingerprint density at radius 3 is 2.52 bits per heavy atom. The van der Waals surface area contributed by atoms with E-state index in [1.807, 2.05) is 6.07 Å². The summed E-state index contributed by atoms with van der Waals surface area (Å²) in [5.74, 6) is 0.521. The second-order valence-corrected chi connectivity index (χ2v) is 7.01. The summed E-state index contributed by atoms with van der Waals surface area (Å²) in [6, 6.07) is 15.3. The van der Waals surface area contributed by atoms with Gasteiger partial charge in [-0.3, -0.25) is 9.89 Å². The van der Waals surface area contributed by atoms with Crippen LogP contribution < -0.4 is 10.6 Å². The van der Waals surface area contributed by atoms with Crippen LogP contribution in [0.4, 0.5) is 4.39 Å². The van der Waals surface area contributed by atoms with Crippen molar-refractivity contribution < 1.29 is 9.13 Å². The van der Waals surface area contributed by atoms with Gasteiger partial charge in [0.25, 0.3) is 0 Å². The zero-order valence-corrected chi connectivity index (χ0v) is 19.4. The Kier molecular flexibility index (Phi) is 9.83. The predicted octanol–water partition coefficient (Wildman–Crippen LogP) is 3.49. The van der Waals surface area contributed by atoms with Crippen LogP contribution in [0.2, 0.25) is 0 Å². The lowest BCUT2D eigenvalue weighted by atomic mass is 10.0. The SMILES string of the molecule is CN=C(NCc1ccc(C)cc1)NCC(c1cccc(F)c1)N1CCOCC1.I. The molecule has 0 spiro atoms. The molecular formula is C22H30FIN4O. The number of guanidine groups is 1. The Morgan fingerprint density at radius 1 is 1.14 bits per heavy atom. The first-order chi connectivity index (χ1) is 13.7. The van der Waals surface area contributed by atoms with Crippen LogP contribution in [0.15, 0.2) is 53.5 Å². The molecule has 1 fully saturated rings. The highest BCUT2D eigenvalue weighted by molar-refractivity contribution is 14.0. The fourth-order valence-corrected chi connectivity index (χ4v) is 3.37. The molecule has 2 N–H and O–H groups in total. The Morgan fingerprint density at radius 2 is 1.86 bits per heavy atom. The van der Waals surface area contributed by atoms with Gasteiger partial charge in [-0.25, -0.2) is 4.39 Å². The molecule has 0 radical (unpaired) electrons. The quantitative estimate of drug-likeness (QED) is 0.354. The Balaban J connectivity index is 0.00000300. The van der Waals surface area contributed by atoms with Crippen LogP contribution in [0.5, 0.6) is 0 Å². The third-order valence-electron chi connectivity index (χ3n) is 4.99. The summed E-state index contributed by atoms with van der Waals surface area (Å²) in [5, 5.41) is 6.75. The van der Waals surface area contributed by atoms with E-state index in [-0.39, 0.29) is 35.8 Å². The highest BCUT2D eigenvalue weighted by Gasteiger charge is 2.23. The third-order valence-corrected chi connectivity index (χ3v) is 4.99. The standard InChI is InChI=1S/C22H29FN4O.HI/c1-17-6-8-18(9-7-17)15-25-22(24-2)26-16-21(27-10-12-28-13-11-27)19-4-3-5-20(23)14-19;/h3-9,14,21H,10-13,15-16H2,1-2H3,(H2,24,25,26);1H. The first kappa shape index (κ1) is 23.6. The summed E-state index contributed by atoms with van der Waals surface area (Å²) in [6.07, 6.45) is 0. The number of benzene rings is 2. The molecule has 0 aliphatic carbocycles. The number of nitrogens with zero attached hydrogens (tertiary/aromatic N) is 2. The molecule has 1 aliphatic heterocycles. The third kappa shape index (κ3) is 7.24. The van der Waals surface area contributed by atoms with E-state index in [4.69, 9.17) is 4.74 Å². The maximum absolute atomic E-state index is 13.8. The average molecular weight is 512 g/mol. The van der Waals surface area contributed by atoms with Crippen LogP contribution in [0, 0.1) is 12.7 Å². The van der Waals surface area contributed by atoms with E-state index in [0.29, 0.717) is 26.3 Å². The minimum absolute atomic E-state index is 0. The van der Waals surface area contributed by atoms with Gasteiger partial charge in [-0.2, -0.15) is 0 Å². The predicted molar refractivity (Wildman–Crippen MR) is 126 cm³/mol. The van der Waals surface area contributed by atoms with Crippen LogP contribution in [0.3, 0.4) is 0 Å². The first-order valence-electron chi connectivity index (χ1n) is 9.73. The smallest absolute Gasteiger partial charge is 0.191 e. The van der Waals surface area contributed by atoms with Gasteiger partial charge in [0, 0.05) is 33.2 Å². The lowest BCUT2D eigenvalue weighted by Crippen LogP contribution is -2.46. The van der Waals surface area contributed by atoms with Gasteiger partial charge in [-0.1, -0.05) is 42.0 Å². The van der Waals surface area contributed by atoms with E-state index >= 15 is 0 Å². The molecule has 0 saturated carbocycles. The van der Waals surface area contributed by atoms with Crippen LogP contribution >= 0.6 is 24.0 Å². The molecule has 0 amide bonds. The molecule has 7 heteroatoms. The topological polar surface area (TPSA) is 48.9 Å². The number of hydrogen-bond acceptors (Lipinski definition) is 3. The maximum Gasteiger partial charge on any atom is 0.191 e. The number of morpholine rings is 1. The van der Waals surface area contributed by atoms with Gasteiger partial charge < -0.3 is 15.4 Å². The van der Waals surface area contributed by atoms with Crippen LogP contribution in [-0.4, -0.2) is 50.8 Å². The molecule has 1 unspecified atom stereocenters. The van der Waals surface area contributed by atoms with Crippen molar-refractivity contribution in [2.75, 3.05) is 39.9 Å². The zero-order valence-electron chi connectivity index (χ0n) is 17.0.